The number of halogens is 2. The summed E-state index contributed by atoms with van der Waals surface area (Å²) in [6, 6.07) is 4.83. The maximum atomic E-state index is 11.0. The van der Waals surface area contributed by atoms with E-state index in [-0.39, 0.29) is 11.7 Å². The summed E-state index contributed by atoms with van der Waals surface area (Å²) in [4.78, 5) is 15.1. The minimum Gasteiger partial charge on any atom is -0.475 e. The van der Waals surface area contributed by atoms with E-state index in [1.165, 1.54) is 0 Å². The standard InChI is InChI=1S/C12H9Cl2NO3/c1-2-9-10(12(16)17)18-11(15-9)7-4-3-6(13)5-8(7)14/h3-5H,2H2,1H3,(H,16,17). The highest BCUT2D eigenvalue weighted by atomic mass is 35.5. The van der Waals surface area contributed by atoms with Crippen LogP contribution in [0.5, 0.6) is 0 Å². The first-order valence-corrected chi connectivity index (χ1v) is 5.97. The largest absolute Gasteiger partial charge is 0.475 e. The predicted molar refractivity (Wildman–Crippen MR) is 68.3 cm³/mol. The van der Waals surface area contributed by atoms with Gasteiger partial charge < -0.3 is 9.52 Å². The molecule has 4 nitrogen and oxygen atoms in total. The summed E-state index contributed by atoms with van der Waals surface area (Å²) >= 11 is 11.8. The van der Waals surface area contributed by atoms with Crippen molar-refractivity contribution in [1.29, 1.82) is 0 Å². The highest BCUT2D eigenvalue weighted by molar-refractivity contribution is 6.36. The number of aromatic carboxylic acids is 1. The molecule has 0 atom stereocenters. The van der Waals surface area contributed by atoms with Gasteiger partial charge in [-0.1, -0.05) is 30.1 Å². The van der Waals surface area contributed by atoms with Crippen LogP contribution in [0.4, 0.5) is 0 Å². The van der Waals surface area contributed by atoms with Crippen molar-refractivity contribution in [3.63, 3.8) is 0 Å². The molecule has 0 spiro atoms. The van der Waals surface area contributed by atoms with Gasteiger partial charge in [0.25, 0.3) is 0 Å². The molecule has 1 N–H and O–H groups in total. The zero-order chi connectivity index (χ0) is 13.3. The van der Waals surface area contributed by atoms with Gasteiger partial charge in [-0.2, -0.15) is 0 Å². The maximum Gasteiger partial charge on any atom is 0.373 e. The molecule has 2 aromatic rings. The smallest absolute Gasteiger partial charge is 0.373 e. The molecule has 0 radical (unpaired) electrons. The molecule has 0 bridgehead atoms. The van der Waals surface area contributed by atoms with Crippen molar-refractivity contribution >= 4 is 29.2 Å². The van der Waals surface area contributed by atoms with Gasteiger partial charge >= 0.3 is 5.97 Å². The van der Waals surface area contributed by atoms with E-state index in [4.69, 9.17) is 32.7 Å². The average molecular weight is 286 g/mol. The molecule has 0 aliphatic carbocycles. The number of benzene rings is 1. The third-order valence-corrected chi connectivity index (χ3v) is 2.94. The molecule has 0 aliphatic heterocycles. The number of rotatable bonds is 3. The minimum absolute atomic E-state index is 0.154. The van der Waals surface area contributed by atoms with Crippen molar-refractivity contribution in [2.24, 2.45) is 0 Å². The SMILES string of the molecule is CCc1nc(-c2ccc(Cl)cc2Cl)oc1C(=O)O. The molecule has 94 valence electrons. The van der Waals surface area contributed by atoms with Gasteiger partial charge in [0.1, 0.15) is 0 Å². The van der Waals surface area contributed by atoms with E-state index in [0.717, 1.165) is 0 Å². The van der Waals surface area contributed by atoms with Crippen LogP contribution in [-0.4, -0.2) is 16.1 Å². The van der Waals surface area contributed by atoms with E-state index in [9.17, 15) is 4.79 Å². The second-order valence-electron chi connectivity index (χ2n) is 3.58. The average Bonchev–Trinajstić information content (AvgIpc) is 2.73. The van der Waals surface area contributed by atoms with Gasteiger partial charge in [0.2, 0.25) is 11.7 Å². The summed E-state index contributed by atoms with van der Waals surface area (Å²) in [5.74, 6) is -1.11. The maximum absolute atomic E-state index is 11.0. The lowest BCUT2D eigenvalue weighted by Gasteiger charge is -1.99. The molecule has 0 saturated carbocycles. The summed E-state index contributed by atoms with van der Waals surface area (Å²) in [5.41, 5.74) is 0.909. The second kappa shape index (κ2) is 5.00. The van der Waals surface area contributed by atoms with Gasteiger partial charge in [-0.25, -0.2) is 9.78 Å². The number of nitrogens with zero attached hydrogens (tertiary/aromatic N) is 1. The number of hydrogen-bond acceptors (Lipinski definition) is 3. The van der Waals surface area contributed by atoms with Crippen LogP contribution in [0.2, 0.25) is 10.0 Å². The molecular weight excluding hydrogens is 277 g/mol. The molecule has 0 amide bonds. The molecule has 0 fully saturated rings. The lowest BCUT2D eigenvalue weighted by Crippen LogP contribution is -1.98. The fourth-order valence-electron chi connectivity index (χ4n) is 1.54. The van der Waals surface area contributed by atoms with Crippen LogP contribution < -0.4 is 0 Å². The van der Waals surface area contributed by atoms with Crippen molar-refractivity contribution in [3.8, 4) is 11.5 Å². The van der Waals surface area contributed by atoms with Crippen LogP contribution in [0.3, 0.4) is 0 Å². The number of aryl methyl sites for hydroxylation is 1. The highest BCUT2D eigenvalue weighted by Crippen LogP contribution is 2.31. The summed E-state index contributed by atoms with van der Waals surface area (Å²) in [6.07, 6.45) is 0.469. The van der Waals surface area contributed by atoms with Crippen molar-refractivity contribution in [2.75, 3.05) is 0 Å². The van der Waals surface area contributed by atoms with E-state index in [1.807, 2.05) is 0 Å². The Morgan fingerprint density at radius 1 is 1.44 bits per heavy atom. The van der Waals surface area contributed by atoms with Crippen LogP contribution in [0.25, 0.3) is 11.5 Å². The normalized spacial score (nSPS) is 10.6. The molecule has 0 aliphatic rings. The van der Waals surface area contributed by atoms with Crippen LogP contribution in [0.1, 0.15) is 23.2 Å². The van der Waals surface area contributed by atoms with Crippen molar-refractivity contribution < 1.29 is 14.3 Å². The third kappa shape index (κ3) is 2.35. The number of aromatic nitrogens is 1. The van der Waals surface area contributed by atoms with Gasteiger partial charge in [-0.3, -0.25) is 0 Å². The molecule has 6 heteroatoms. The Balaban J connectivity index is 2.54. The number of carbonyl (C=O) groups is 1. The lowest BCUT2D eigenvalue weighted by atomic mass is 10.2. The Bertz CT molecular complexity index is 607. The Labute approximate surface area is 113 Å². The first kappa shape index (κ1) is 12.9. The zero-order valence-corrected chi connectivity index (χ0v) is 10.9. The topological polar surface area (TPSA) is 63.3 Å². The van der Waals surface area contributed by atoms with Crippen LogP contribution in [-0.2, 0) is 6.42 Å². The van der Waals surface area contributed by atoms with E-state index in [0.29, 0.717) is 27.7 Å². The first-order valence-electron chi connectivity index (χ1n) is 5.21. The van der Waals surface area contributed by atoms with Crippen molar-refractivity contribution in [3.05, 3.63) is 39.7 Å². The number of oxazole rings is 1. The monoisotopic (exact) mass is 285 g/mol. The molecular formula is C12H9Cl2NO3. The van der Waals surface area contributed by atoms with E-state index in [1.54, 1.807) is 25.1 Å². The number of carboxylic acid groups (broad SMARTS) is 1. The van der Waals surface area contributed by atoms with Gasteiger partial charge in [0.15, 0.2) is 0 Å². The molecule has 0 unspecified atom stereocenters. The Kier molecular flexibility index (Phi) is 3.59. The Hall–Kier alpha value is -1.52. The van der Waals surface area contributed by atoms with Gasteiger partial charge in [-0.05, 0) is 24.6 Å². The summed E-state index contributed by atoms with van der Waals surface area (Å²) < 4.78 is 5.24. The van der Waals surface area contributed by atoms with Crippen LogP contribution in [0.15, 0.2) is 22.6 Å². The highest BCUT2D eigenvalue weighted by Gasteiger charge is 2.20. The van der Waals surface area contributed by atoms with Crippen molar-refractivity contribution in [1.82, 2.24) is 4.98 Å². The van der Waals surface area contributed by atoms with Crippen LogP contribution >= 0.6 is 23.2 Å². The quantitative estimate of drug-likeness (QED) is 0.929. The first-order chi connectivity index (χ1) is 8.52. The summed E-state index contributed by atoms with van der Waals surface area (Å²) in [7, 11) is 0. The van der Waals surface area contributed by atoms with Gasteiger partial charge in [0, 0.05) is 5.02 Å². The van der Waals surface area contributed by atoms with E-state index >= 15 is 0 Å². The van der Waals surface area contributed by atoms with Crippen LogP contribution in [0, 0.1) is 0 Å². The predicted octanol–water partition coefficient (Wildman–Crippen LogP) is 3.91. The summed E-state index contributed by atoms with van der Waals surface area (Å²) in [5, 5.41) is 9.84. The molecule has 18 heavy (non-hydrogen) atoms. The molecule has 1 aromatic carbocycles. The zero-order valence-electron chi connectivity index (χ0n) is 9.41. The Morgan fingerprint density at radius 2 is 2.17 bits per heavy atom. The van der Waals surface area contributed by atoms with E-state index < -0.39 is 5.97 Å². The fraction of sp³-hybridized carbons (Fsp3) is 0.167. The van der Waals surface area contributed by atoms with Gasteiger partial charge in [0.05, 0.1) is 16.3 Å². The molecule has 0 saturated heterocycles. The fourth-order valence-corrected chi connectivity index (χ4v) is 2.03. The number of hydrogen-bond donors (Lipinski definition) is 1. The van der Waals surface area contributed by atoms with Crippen molar-refractivity contribution in [2.45, 2.75) is 13.3 Å². The Morgan fingerprint density at radius 3 is 2.67 bits per heavy atom. The number of carboxylic acids is 1. The lowest BCUT2D eigenvalue weighted by molar-refractivity contribution is 0.0662. The minimum atomic E-state index is -1.14. The van der Waals surface area contributed by atoms with Gasteiger partial charge in [-0.15, -0.1) is 0 Å². The molecule has 2 rings (SSSR count). The third-order valence-electron chi connectivity index (χ3n) is 2.39. The second-order valence-corrected chi connectivity index (χ2v) is 4.42. The van der Waals surface area contributed by atoms with E-state index in [2.05, 4.69) is 4.98 Å². The molecule has 1 aromatic heterocycles. The molecule has 1 heterocycles. The summed E-state index contributed by atoms with van der Waals surface area (Å²) in [6.45, 7) is 1.80.